The molecule has 9 nitrogen and oxygen atoms in total. The van der Waals surface area contributed by atoms with Crippen molar-refractivity contribution in [1.82, 2.24) is 14.7 Å². The second-order valence-electron chi connectivity index (χ2n) is 7.52. The van der Waals surface area contributed by atoms with Crippen molar-refractivity contribution >= 4 is 11.8 Å². The van der Waals surface area contributed by atoms with Crippen LogP contribution in [0.15, 0.2) is 24.3 Å². The van der Waals surface area contributed by atoms with Gasteiger partial charge in [0.1, 0.15) is 23.6 Å². The lowest BCUT2D eigenvalue weighted by molar-refractivity contribution is -0.137. The monoisotopic (exact) mass is 396 g/mol. The molecule has 1 aromatic heterocycles. The standard InChI is InChI=1S/C20H20N4O5/c1-19(27)11-29-15-4-3-12(5-6-20(28)7-8-23(2)18(20)26)9-14(15)24-16(19)10-13(22-24)17(21)25/h3-4,9-10,27-28H,7-8,11H2,1-2H3,(H2,21,25)/t19?,20-/m0/s1. The van der Waals surface area contributed by atoms with Gasteiger partial charge in [0.05, 0.1) is 5.69 Å². The van der Waals surface area contributed by atoms with Gasteiger partial charge in [0.2, 0.25) is 5.60 Å². The predicted molar refractivity (Wildman–Crippen MR) is 101 cm³/mol. The van der Waals surface area contributed by atoms with Crippen LogP contribution in [0.4, 0.5) is 0 Å². The molecule has 4 rings (SSSR count). The van der Waals surface area contributed by atoms with E-state index in [4.69, 9.17) is 10.5 Å². The van der Waals surface area contributed by atoms with Crippen LogP contribution >= 0.6 is 0 Å². The van der Waals surface area contributed by atoms with Crippen LogP contribution in [0.3, 0.4) is 0 Å². The molecule has 0 spiro atoms. The molecule has 1 fully saturated rings. The van der Waals surface area contributed by atoms with Gasteiger partial charge in [-0.1, -0.05) is 11.8 Å². The van der Waals surface area contributed by atoms with E-state index in [-0.39, 0.29) is 18.7 Å². The molecule has 0 bridgehead atoms. The maximum absolute atomic E-state index is 12.1. The summed E-state index contributed by atoms with van der Waals surface area (Å²) in [6, 6.07) is 6.41. The van der Waals surface area contributed by atoms with Crippen molar-refractivity contribution in [2.75, 3.05) is 20.2 Å². The third-order valence-corrected chi connectivity index (χ3v) is 5.13. The Morgan fingerprint density at radius 3 is 2.76 bits per heavy atom. The zero-order chi connectivity index (χ0) is 21.0. The smallest absolute Gasteiger partial charge is 0.269 e. The molecule has 29 heavy (non-hydrogen) atoms. The highest BCUT2D eigenvalue weighted by atomic mass is 16.5. The highest BCUT2D eigenvalue weighted by Crippen LogP contribution is 2.34. The summed E-state index contributed by atoms with van der Waals surface area (Å²) in [5, 5.41) is 25.4. The van der Waals surface area contributed by atoms with Gasteiger partial charge in [-0.3, -0.25) is 9.59 Å². The van der Waals surface area contributed by atoms with Gasteiger partial charge >= 0.3 is 0 Å². The normalized spacial score (nSPS) is 25.4. The molecule has 4 N–H and O–H groups in total. The molecule has 0 radical (unpaired) electrons. The number of likely N-dealkylation sites (N-methyl/N-ethyl adjacent to an activating group) is 1. The van der Waals surface area contributed by atoms with Crippen LogP contribution in [0.25, 0.3) is 5.69 Å². The van der Waals surface area contributed by atoms with E-state index >= 15 is 0 Å². The number of aliphatic hydroxyl groups is 2. The summed E-state index contributed by atoms with van der Waals surface area (Å²) >= 11 is 0. The van der Waals surface area contributed by atoms with Crippen LogP contribution in [0, 0.1) is 11.8 Å². The summed E-state index contributed by atoms with van der Waals surface area (Å²) in [6.45, 7) is 1.94. The minimum absolute atomic E-state index is 0.0125. The van der Waals surface area contributed by atoms with Crippen LogP contribution in [0.5, 0.6) is 5.75 Å². The molecular formula is C20H20N4O5. The number of aromatic nitrogens is 2. The van der Waals surface area contributed by atoms with Crippen molar-refractivity contribution in [3.8, 4) is 23.3 Å². The van der Waals surface area contributed by atoms with Gasteiger partial charge < -0.3 is 25.6 Å². The average Bonchev–Trinajstić information content (AvgIpc) is 3.21. The molecule has 2 amide bonds. The number of ether oxygens (including phenoxy) is 1. The number of primary amides is 1. The van der Waals surface area contributed by atoms with Gasteiger partial charge in [-0.25, -0.2) is 4.68 Å². The Morgan fingerprint density at radius 2 is 2.10 bits per heavy atom. The van der Waals surface area contributed by atoms with E-state index < -0.39 is 23.0 Å². The van der Waals surface area contributed by atoms with Crippen LogP contribution in [-0.2, 0) is 10.4 Å². The van der Waals surface area contributed by atoms with Crippen molar-refractivity contribution in [3.05, 3.63) is 41.2 Å². The number of nitrogens with two attached hydrogens (primary N) is 1. The number of hydrogen-bond acceptors (Lipinski definition) is 6. The summed E-state index contributed by atoms with van der Waals surface area (Å²) in [7, 11) is 1.61. The number of amides is 2. The Kier molecular flexibility index (Phi) is 4.15. The first-order chi connectivity index (χ1) is 13.6. The molecule has 2 aliphatic heterocycles. The predicted octanol–water partition coefficient (Wildman–Crippen LogP) is -0.484. The second kappa shape index (κ2) is 6.34. The fourth-order valence-electron chi connectivity index (χ4n) is 3.39. The third-order valence-electron chi connectivity index (χ3n) is 5.13. The first-order valence-electron chi connectivity index (χ1n) is 9.02. The molecule has 1 saturated heterocycles. The largest absolute Gasteiger partial charge is 0.488 e. The Balaban J connectivity index is 1.79. The fourth-order valence-corrected chi connectivity index (χ4v) is 3.39. The Morgan fingerprint density at radius 1 is 1.34 bits per heavy atom. The molecule has 2 aliphatic rings. The van der Waals surface area contributed by atoms with Gasteiger partial charge in [-0.2, -0.15) is 5.10 Å². The quantitative estimate of drug-likeness (QED) is 0.558. The van der Waals surface area contributed by atoms with Crippen molar-refractivity contribution < 1.29 is 24.5 Å². The van der Waals surface area contributed by atoms with E-state index in [1.807, 2.05) is 0 Å². The molecule has 9 heteroatoms. The van der Waals surface area contributed by atoms with E-state index in [0.717, 1.165) is 0 Å². The average molecular weight is 396 g/mol. The van der Waals surface area contributed by atoms with Crippen molar-refractivity contribution in [3.63, 3.8) is 0 Å². The molecule has 1 unspecified atom stereocenters. The summed E-state index contributed by atoms with van der Waals surface area (Å²) in [5.74, 6) is 4.78. The maximum Gasteiger partial charge on any atom is 0.269 e. The van der Waals surface area contributed by atoms with Gasteiger partial charge in [0, 0.05) is 25.6 Å². The molecule has 2 atom stereocenters. The molecule has 2 aromatic rings. The Labute approximate surface area is 166 Å². The number of carbonyl (C=O) groups excluding carboxylic acids is 2. The number of nitrogens with zero attached hydrogens (tertiary/aromatic N) is 3. The van der Waals surface area contributed by atoms with Gasteiger partial charge in [0.15, 0.2) is 5.69 Å². The molecule has 0 aliphatic carbocycles. The van der Waals surface area contributed by atoms with E-state index in [1.165, 1.54) is 15.6 Å². The number of fused-ring (bicyclic) bond motifs is 3. The van der Waals surface area contributed by atoms with E-state index in [9.17, 15) is 19.8 Å². The summed E-state index contributed by atoms with van der Waals surface area (Å²) in [6.07, 6.45) is 0.234. The van der Waals surface area contributed by atoms with Gasteiger partial charge in [-0.15, -0.1) is 0 Å². The van der Waals surface area contributed by atoms with E-state index in [1.54, 1.807) is 32.2 Å². The summed E-state index contributed by atoms with van der Waals surface area (Å²) in [4.78, 5) is 25.1. The lowest BCUT2D eigenvalue weighted by Gasteiger charge is -2.20. The van der Waals surface area contributed by atoms with Crippen molar-refractivity contribution in [2.45, 2.75) is 24.5 Å². The topological polar surface area (TPSA) is 131 Å². The molecule has 150 valence electrons. The Hall–Kier alpha value is -3.35. The lowest BCUT2D eigenvalue weighted by atomic mass is 10.0. The molecule has 0 saturated carbocycles. The minimum Gasteiger partial charge on any atom is -0.488 e. The van der Waals surface area contributed by atoms with Gasteiger partial charge in [0.25, 0.3) is 11.8 Å². The number of rotatable bonds is 1. The van der Waals surface area contributed by atoms with E-state index in [2.05, 4.69) is 16.9 Å². The second-order valence-corrected chi connectivity index (χ2v) is 7.52. The third kappa shape index (κ3) is 3.12. The van der Waals surface area contributed by atoms with Crippen molar-refractivity contribution in [2.24, 2.45) is 5.73 Å². The molecular weight excluding hydrogens is 376 g/mol. The zero-order valence-corrected chi connectivity index (χ0v) is 16.0. The minimum atomic E-state index is -1.71. The number of benzene rings is 1. The van der Waals surface area contributed by atoms with Crippen LogP contribution in [-0.4, -0.2) is 62.5 Å². The molecule has 1 aromatic carbocycles. The summed E-state index contributed by atoms with van der Waals surface area (Å²) < 4.78 is 7.10. The Bertz CT molecular complexity index is 1090. The first-order valence-corrected chi connectivity index (χ1v) is 9.02. The van der Waals surface area contributed by atoms with Crippen LogP contribution < -0.4 is 10.5 Å². The molecule has 3 heterocycles. The van der Waals surface area contributed by atoms with Crippen LogP contribution in [0.1, 0.15) is 35.1 Å². The highest BCUT2D eigenvalue weighted by Gasteiger charge is 2.42. The van der Waals surface area contributed by atoms with Crippen LogP contribution in [0.2, 0.25) is 0 Å². The lowest BCUT2D eigenvalue weighted by Crippen LogP contribution is -2.37. The zero-order valence-electron chi connectivity index (χ0n) is 16.0. The van der Waals surface area contributed by atoms with Crippen molar-refractivity contribution in [1.29, 1.82) is 0 Å². The number of carbonyl (C=O) groups is 2. The van der Waals surface area contributed by atoms with E-state index in [0.29, 0.717) is 29.2 Å². The highest BCUT2D eigenvalue weighted by molar-refractivity contribution is 5.91. The number of hydrogen-bond donors (Lipinski definition) is 3. The fraction of sp³-hybridized carbons (Fsp3) is 0.350. The first kappa shape index (κ1) is 19.0. The summed E-state index contributed by atoms with van der Waals surface area (Å²) in [5.41, 5.74) is 3.56. The maximum atomic E-state index is 12.1. The van der Waals surface area contributed by atoms with Gasteiger partial charge in [-0.05, 0) is 31.2 Å². The number of likely N-dealkylation sites (tertiary alicyclic amines) is 1. The SMILES string of the molecule is CN1CC[C@@](O)(C#Cc2ccc3c(c2)-n2nc(C(N)=O)cc2C(C)(O)CO3)C1=O.